The van der Waals surface area contributed by atoms with Crippen molar-refractivity contribution in [3.05, 3.63) is 140 Å². The second-order valence-electron chi connectivity index (χ2n) is 10.4. The second-order valence-corrected chi connectivity index (χ2v) is 11.3. The number of nitrogens with one attached hydrogen (secondary N) is 2. The molecule has 1 unspecified atom stereocenters. The minimum Gasteiger partial charge on any atom is -0.507 e. The van der Waals surface area contributed by atoms with Crippen LogP contribution in [0.1, 0.15) is 34.7 Å². The van der Waals surface area contributed by atoms with E-state index in [0.29, 0.717) is 30.4 Å². The standard InChI is InChI=1S/C35H30BrN3O4/c1-39(24-13-3-2-4-14-24)35(42)37-20-10-17-26-25-15-5-7-18-28(25)38-32(26)30(22-11-9-12-23(36)21-22)31-33(40)27-16-6-8-19-29(27)43-34(31)41/h2-9,11-16,18-19,21,30,38,40H,10,17,20H2,1H3,(H,37,42). The summed E-state index contributed by atoms with van der Waals surface area (Å²) in [6.45, 7) is 0.458. The third kappa shape index (κ3) is 5.66. The molecular weight excluding hydrogens is 606 g/mol. The van der Waals surface area contributed by atoms with E-state index in [4.69, 9.17) is 4.42 Å². The number of nitrogens with zero attached hydrogens (tertiary/aromatic N) is 1. The van der Waals surface area contributed by atoms with Gasteiger partial charge < -0.3 is 19.8 Å². The summed E-state index contributed by atoms with van der Waals surface area (Å²) in [5.74, 6) is -0.739. The summed E-state index contributed by atoms with van der Waals surface area (Å²) in [6, 6.07) is 32.0. The van der Waals surface area contributed by atoms with Crippen molar-refractivity contribution in [2.24, 2.45) is 0 Å². The molecule has 2 aromatic heterocycles. The topological polar surface area (TPSA) is 98.6 Å². The largest absolute Gasteiger partial charge is 0.507 e. The zero-order chi connectivity index (χ0) is 29.9. The molecule has 0 saturated carbocycles. The first kappa shape index (κ1) is 28.3. The average Bonchev–Trinajstić information content (AvgIpc) is 3.39. The Labute approximate surface area is 256 Å². The minimum absolute atomic E-state index is 0.0994. The summed E-state index contributed by atoms with van der Waals surface area (Å²) in [5, 5.41) is 16.1. The van der Waals surface area contributed by atoms with Crippen LogP contribution in [-0.2, 0) is 6.42 Å². The number of aromatic amines is 1. The highest BCUT2D eigenvalue weighted by molar-refractivity contribution is 9.10. The highest BCUT2D eigenvalue weighted by Gasteiger charge is 2.30. The molecule has 0 aliphatic rings. The Bertz CT molecular complexity index is 1980. The maximum atomic E-state index is 13.6. The maximum Gasteiger partial charge on any atom is 0.344 e. The Kier molecular flexibility index (Phi) is 8.03. The Hall–Kier alpha value is -4.82. The molecule has 43 heavy (non-hydrogen) atoms. The van der Waals surface area contributed by atoms with Crippen LogP contribution in [0.4, 0.5) is 10.5 Å². The molecule has 0 radical (unpaired) electrons. The molecule has 6 aromatic rings. The molecule has 2 heterocycles. The number of fused-ring (bicyclic) bond motifs is 2. The fourth-order valence-electron chi connectivity index (χ4n) is 5.65. The van der Waals surface area contributed by atoms with E-state index in [1.165, 1.54) is 0 Å². The normalized spacial score (nSPS) is 12.0. The predicted molar refractivity (Wildman–Crippen MR) is 174 cm³/mol. The lowest BCUT2D eigenvalue weighted by Crippen LogP contribution is -2.37. The van der Waals surface area contributed by atoms with Crippen LogP contribution in [0.25, 0.3) is 21.9 Å². The van der Waals surface area contributed by atoms with Crippen molar-refractivity contribution >= 4 is 49.5 Å². The van der Waals surface area contributed by atoms with Crippen molar-refractivity contribution in [2.75, 3.05) is 18.5 Å². The zero-order valence-corrected chi connectivity index (χ0v) is 25.1. The number of carbonyl (C=O) groups excluding carboxylic acids is 1. The number of hydrogen-bond acceptors (Lipinski definition) is 4. The van der Waals surface area contributed by atoms with Gasteiger partial charge in [-0.3, -0.25) is 4.90 Å². The Morgan fingerprint density at radius 2 is 1.67 bits per heavy atom. The molecule has 0 saturated heterocycles. The molecule has 0 aliphatic carbocycles. The van der Waals surface area contributed by atoms with Gasteiger partial charge in [-0.15, -0.1) is 0 Å². The van der Waals surface area contributed by atoms with Crippen molar-refractivity contribution in [3.63, 3.8) is 0 Å². The lowest BCUT2D eigenvalue weighted by molar-refractivity contribution is 0.247. The number of para-hydroxylation sites is 3. The lowest BCUT2D eigenvalue weighted by Gasteiger charge is -2.20. The summed E-state index contributed by atoms with van der Waals surface area (Å²) in [6.07, 6.45) is 1.28. The number of carbonyl (C=O) groups is 1. The number of urea groups is 1. The molecule has 7 nitrogen and oxygen atoms in total. The third-order valence-electron chi connectivity index (χ3n) is 7.75. The van der Waals surface area contributed by atoms with Gasteiger partial charge in [-0.25, -0.2) is 9.59 Å². The van der Waals surface area contributed by atoms with Crippen LogP contribution in [0.15, 0.2) is 117 Å². The van der Waals surface area contributed by atoms with Gasteiger partial charge in [0.05, 0.1) is 16.9 Å². The average molecular weight is 637 g/mol. The number of halogens is 1. The summed E-state index contributed by atoms with van der Waals surface area (Å²) in [7, 11) is 1.74. The van der Waals surface area contributed by atoms with E-state index in [0.717, 1.165) is 37.9 Å². The molecule has 1 atom stereocenters. The number of hydrogen-bond donors (Lipinski definition) is 3. The number of aryl methyl sites for hydroxylation is 1. The number of benzene rings is 4. The van der Waals surface area contributed by atoms with E-state index >= 15 is 0 Å². The van der Waals surface area contributed by atoms with Crippen LogP contribution < -0.4 is 15.8 Å². The molecule has 6 rings (SSSR count). The first-order valence-electron chi connectivity index (χ1n) is 14.1. The highest BCUT2D eigenvalue weighted by Crippen LogP contribution is 2.41. The number of H-pyrrole nitrogens is 1. The monoisotopic (exact) mass is 635 g/mol. The van der Waals surface area contributed by atoms with Gasteiger partial charge in [-0.1, -0.05) is 76.6 Å². The SMILES string of the molecule is CN(C(=O)NCCCc1c(C(c2cccc(Br)c2)c2c(O)c3ccccc3oc2=O)[nH]c2ccccc12)c1ccccc1. The fourth-order valence-corrected chi connectivity index (χ4v) is 6.07. The Morgan fingerprint density at radius 1 is 0.953 bits per heavy atom. The number of aromatic hydroxyl groups is 1. The van der Waals surface area contributed by atoms with Gasteiger partial charge in [0.25, 0.3) is 0 Å². The van der Waals surface area contributed by atoms with Gasteiger partial charge in [-0.05, 0) is 66.4 Å². The first-order valence-corrected chi connectivity index (χ1v) is 14.9. The van der Waals surface area contributed by atoms with E-state index in [-0.39, 0.29) is 17.3 Å². The minimum atomic E-state index is -0.639. The smallest absolute Gasteiger partial charge is 0.344 e. The number of amides is 2. The van der Waals surface area contributed by atoms with Crippen LogP contribution >= 0.6 is 15.9 Å². The fraction of sp³-hybridized carbons (Fsp3) is 0.143. The van der Waals surface area contributed by atoms with E-state index in [9.17, 15) is 14.7 Å². The Morgan fingerprint density at radius 3 is 2.47 bits per heavy atom. The first-order chi connectivity index (χ1) is 20.9. The highest BCUT2D eigenvalue weighted by atomic mass is 79.9. The summed E-state index contributed by atoms with van der Waals surface area (Å²) in [4.78, 5) is 31.5. The molecule has 8 heteroatoms. The van der Waals surface area contributed by atoms with E-state index in [2.05, 4.69) is 26.2 Å². The van der Waals surface area contributed by atoms with Crippen LogP contribution in [0.2, 0.25) is 0 Å². The second kappa shape index (κ2) is 12.2. The van der Waals surface area contributed by atoms with Crippen LogP contribution in [0.3, 0.4) is 0 Å². The van der Waals surface area contributed by atoms with Crippen LogP contribution in [0, 0.1) is 0 Å². The third-order valence-corrected chi connectivity index (χ3v) is 8.25. The van der Waals surface area contributed by atoms with Crippen molar-refractivity contribution in [1.82, 2.24) is 10.3 Å². The van der Waals surface area contributed by atoms with Gasteiger partial charge in [0.2, 0.25) is 0 Å². The van der Waals surface area contributed by atoms with E-state index in [1.807, 2.05) is 78.9 Å². The molecule has 2 amide bonds. The van der Waals surface area contributed by atoms with Crippen molar-refractivity contribution in [2.45, 2.75) is 18.8 Å². The Balaban J connectivity index is 1.39. The van der Waals surface area contributed by atoms with Crippen LogP contribution in [0.5, 0.6) is 5.75 Å². The number of aromatic nitrogens is 1. The number of rotatable bonds is 8. The zero-order valence-electron chi connectivity index (χ0n) is 23.5. The lowest BCUT2D eigenvalue weighted by atomic mass is 9.85. The molecule has 0 fully saturated rings. The molecular formula is C35H30BrN3O4. The molecule has 0 spiro atoms. The van der Waals surface area contributed by atoms with E-state index in [1.54, 1.807) is 36.2 Å². The van der Waals surface area contributed by atoms with Gasteiger partial charge in [-0.2, -0.15) is 0 Å². The van der Waals surface area contributed by atoms with Gasteiger partial charge >= 0.3 is 11.7 Å². The van der Waals surface area contributed by atoms with E-state index < -0.39 is 11.5 Å². The van der Waals surface area contributed by atoms with Crippen molar-refractivity contribution in [1.29, 1.82) is 0 Å². The number of anilines is 1. The summed E-state index contributed by atoms with van der Waals surface area (Å²) in [5.41, 5.74) is 4.26. The predicted octanol–water partition coefficient (Wildman–Crippen LogP) is 7.70. The summed E-state index contributed by atoms with van der Waals surface area (Å²) < 4.78 is 6.58. The van der Waals surface area contributed by atoms with Crippen molar-refractivity contribution in [3.8, 4) is 5.75 Å². The van der Waals surface area contributed by atoms with Gasteiger partial charge in [0.15, 0.2) is 0 Å². The van der Waals surface area contributed by atoms with Gasteiger partial charge in [0, 0.05) is 40.3 Å². The quantitative estimate of drug-likeness (QED) is 0.118. The molecule has 0 bridgehead atoms. The molecule has 3 N–H and O–H groups in total. The van der Waals surface area contributed by atoms with Gasteiger partial charge in [0.1, 0.15) is 11.3 Å². The van der Waals surface area contributed by atoms with Crippen molar-refractivity contribution < 1.29 is 14.3 Å². The molecule has 4 aromatic carbocycles. The molecule has 0 aliphatic heterocycles. The maximum absolute atomic E-state index is 13.6. The molecule has 216 valence electrons. The van der Waals surface area contributed by atoms with Crippen LogP contribution in [-0.4, -0.2) is 29.7 Å². The summed E-state index contributed by atoms with van der Waals surface area (Å²) >= 11 is 3.58.